The van der Waals surface area contributed by atoms with E-state index in [2.05, 4.69) is 10.3 Å². The van der Waals surface area contributed by atoms with Crippen molar-refractivity contribution in [2.45, 2.75) is 62.7 Å². The predicted octanol–water partition coefficient (Wildman–Crippen LogP) is 7.76. The van der Waals surface area contributed by atoms with E-state index in [1.54, 1.807) is 39.7 Å². The van der Waals surface area contributed by atoms with Gasteiger partial charge in [-0.3, -0.25) is 19.2 Å². The minimum Gasteiger partial charge on any atom is -0.395 e. The highest BCUT2D eigenvalue weighted by Crippen LogP contribution is 2.60. The van der Waals surface area contributed by atoms with Crippen molar-refractivity contribution in [2.24, 2.45) is 5.92 Å². The zero-order chi connectivity index (χ0) is 36.6. The van der Waals surface area contributed by atoms with E-state index < -0.39 is 31.6 Å². The summed E-state index contributed by atoms with van der Waals surface area (Å²) in [6.07, 6.45) is 2.40. The van der Waals surface area contributed by atoms with Crippen molar-refractivity contribution in [3.05, 3.63) is 137 Å². The molecule has 268 valence electrons. The van der Waals surface area contributed by atoms with E-state index in [-0.39, 0.29) is 25.0 Å². The van der Waals surface area contributed by atoms with Gasteiger partial charge in [0, 0.05) is 46.2 Å². The van der Waals surface area contributed by atoms with Gasteiger partial charge in [-0.2, -0.15) is 0 Å². The second kappa shape index (κ2) is 14.4. The van der Waals surface area contributed by atoms with Crippen LogP contribution in [-0.2, 0) is 33.0 Å². The molecule has 2 amide bonds. The van der Waals surface area contributed by atoms with Gasteiger partial charge in [-0.15, -0.1) is 5.10 Å². The summed E-state index contributed by atoms with van der Waals surface area (Å²) in [7, 11) is -3.41. The van der Waals surface area contributed by atoms with Crippen LogP contribution in [0.3, 0.4) is 0 Å². The SMILES string of the molecule is C[C@@H]1[C@@H]([Si](C)(C)F)[C@H](CCn2cc(C(CO)c3ccccc3)nn2)O[C@@]12C(=O)N(Cc1cccc(N(C=O)c3ccccc3)c1)c1ccc(Cl)cc12. The molecule has 1 unspecified atom stereocenters. The molecular formula is C40H41ClFN5O4Si. The maximum absolute atomic E-state index is 16.4. The number of carbonyl (C=O) groups excluding carboxylic acids is 2. The Hall–Kier alpha value is -4.68. The Morgan fingerprint density at radius 3 is 2.42 bits per heavy atom. The number of benzene rings is 4. The Labute approximate surface area is 308 Å². The van der Waals surface area contributed by atoms with E-state index in [9.17, 15) is 14.7 Å². The molecule has 1 spiro atoms. The third-order valence-electron chi connectivity index (χ3n) is 10.5. The average Bonchev–Trinajstić information content (AvgIpc) is 3.79. The Morgan fingerprint density at radius 1 is 1.02 bits per heavy atom. The molecule has 9 nitrogen and oxygen atoms in total. The summed E-state index contributed by atoms with van der Waals surface area (Å²) >= 11 is 6.58. The second-order valence-corrected chi connectivity index (χ2v) is 18.4. The molecule has 12 heteroatoms. The number of hydrogen-bond acceptors (Lipinski definition) is 6. The first-order chi connectivity index (χ1) is 25.0. The summed E-state index contributed by atoms with van der Waals surface area (Å²) in [5.74, 6) is -1.08. The fraction of sp³-hybridized carbons (Fsp3) is 0.300. The second-order valence-electron chi connectivity index (χ2n) is 14.1. The summed E-state index contributed by atoms with van der Waals surface area (Å²) in [5.41, 5.74) is 3.12. The van der Waals surface area contributed by atoms with E-state index in [1.165, 1.54) is 0 Å². The van der Waals surface area contributed by atoms with Crippen LogP contribution in [0.4, 0.5) is 21.2 Å². The van der Waals surface area contributed by atoms with Gasteiger partial charge in [0.1, 0.15) is 0 Å². The van der Waals surface area contributed by atoms with Crippen molar-refractivity contribution >= 4 is 49.4 Å². The Balaban J connectivity index is 1.18. The number of anilines is 3. The van der Waals surface area contributed by atoms with Crippen LogP contribution in [0.2, 0.25) is 23.7 Å². The van der Waals surface area contributed by atoms with Gasteiger partial charge < -0.3 is 18.9 Å². The van der Waals surface area contributed by atoms with E-state index >= 15 is 4.11 Å². The molecule has 5 aromatic rings. The number of ether oxygens (including phenoxy) is 1. The van der Waals surface area contributed by atoms with Crippen LogP contribution in [0.5, 0.6) is 0 Å². The van der Waals surface area contributed by atoms with Gasteiger partial charge in [-0.1, -0.05) is 84.4 Å². The van der Waals surface area contributed by atoms with Crippen LogP contribution >= 0.6 is 11.6 Å². The van der Waals surface area contributed by atoms with Crippen molar-refractivity contribution in [3.63, 3.8) is 0 Å². The average molecular weight is 738 g/mol. The van der Waals surface area contributed by atoms with Crippen molar-refractivity contribution < 1.29 is 23.5 Å². The first-order valence-corrected chi connectivity index (χ1v) is 20.8. The molecule has 2 aliphatic rings. The molecule has 1 aromatic heterocycles. The minimum atomic E-state index is -3.41. The molecule has 1 saturated heterocycles. The first kappa shape index (κ1) is 35.7. The minimum absolute atomic E-state index is 0.120. The summed E-state index contributed by atoms with van der Waals surface area (Å²) in [6, 6.07) is 31.8. The molecule has 0 bridgehead atoms. The van der Waals surface area contributed by atoms with Gasteiger partial charge >= 0.3 is 0 Å². The molecule has 3 heterocycles. The number of rotatable bonds is 12. The fourth-order valence-corrected chi connectivity index (χ4v) is 10.9. The number of aliphatic hydroxyl groups is 1. The number of aliphatic hydroxyl groups excluding tert-OH is 1. The van der Waals surface area contributed by atoms with Crippen molar-refractivity contribution in [3.8, 4) is 0 Å². The van der Waals surface area contributed by atoms with Crippen LogP contribution < -0.4 is 9.80 Å². The van der Waals surface area contributed by atoms with Gasteiger partial charge in [-0.25, -0.2) is 0 Å². The summed E-state index contributed by atoms with van der Waals surface area (Å²) in [4.78, 5) is 30.3. The standard InChI is InChI=1S/C40H41ClFN5O4Si/c1-27-38(52(2,3)42)37(19-20-45-24-35(43-44-45)33(25-48)29-12-6-4-7-13-29)51-40(27)34-22-30(41)17-18-36(34)46(39(40)50)23-28-11-10-16-32(21-28)47(26-49)31-14-8-5-9-15-31/h4-18,21-22,24,26-27,33,37-38,48H,19-20,23,25H2,1-3H3/t27-,33?,37+,38-,40+/m1/s1. The highest BCUT2D eigenvalue weighted by Gasteiger charge is 2.66. The fourth-order valence-electron chi connectivity index (χ4n) is 8.19. The third kappa shape index (κ3) is 6.47. The van der Waals surface area contributed by atoms with Gasteiger partial charge in [0.2, 0.25) is 14.8 Å². The van der Waals surface area contributed by atoms with Crippen LogP contribution in [0.1, 0.15) is 41.6 Å². The number of halogens is 2. The van der Waals surface area contributed by atoms with Crippen molar-refractivity contribution in [1.29, 1.82) is 0 Å². The Bertz CT molecular complexity index is 2060. The van der Waals surface area contributed by atoms with Crippen LogP contribution in [0.25, 0.3) is 0 Å². The first-order valence-electron chi connectivity index (χ1n) is 17.5. The molecule has 0 aliphatic carbocycles. The number of nitrogens with zero attached hydrogens (tertiary/aromatic N) is 5. The molecule has 1 fully saturated rings. The van der Waals surface area contributed by atoms with Gasteiger partial charge in [-0.05, 0) is 73.1 Å². The number of fused-ring (bicyclic) bond motifs is 2. The van der Waals surface area contributed by atoms with Crippen molar-refractivity contribution in [1.82, 2.24) is 15.0 Å². The van der Waals surface area contributed by atoms with E-state index in [4.69, 9.17) is 16.3 Å². The highest BCUT2D eigenvalue weighted by molar-refractivity contribution is 6.72. The zero-order valence-corrected chi connectivity index (χ0v) is 31.0. The lowest BCUT2D eigenvalue weighted by Crippen LogP contribution is -2.45. The maximum Gasteiger partial charge on any atom is 0.264 e. The number of aromatic nitrogens is 3. The summed E-state index contributed by atoms with van der Waals surface area (Å²) in [6.45, 7) is 5.75. The van der Waals surface area contributed by atoms with E-state index in [0.717, 1.165) is 23.2 Å². The van der Waals surface area contributed by atoms with Gasteiger partial charge in [0.05, 0.1) is 36.6 Å². The predicted molar refractivity (Wildman–Crippen MR) is 202 cm³/mol. The number of amides is 2. The lowest BCUT2D eigenvalue weighted by molar-refractivity contribution is -0.146. The van der Waals surface area contributed by atoms with Gasteiger partial charge in [0.25, 0.3) is 5.91 Å². The molecule has 0 radical (unpaired) electrons. The molecule has 7 rings (SSSR count). The maximum atomic E-state index is 16.4. The lowest BCUT2D eigenvalue weighted by Gasteiger charge is -2.31. The Kier molecular flexibility index (Phi) is 9.88. The largest absolute Gasteiger partial charge is 0.395 e. The summed E-state index contributed by atoms with van der Waals surface area (Å²) < 4.78 is 25.0. The summed E-state index contributed by atoms with van der Waals surface area (Å²) in [5, 5.41) is 19.3. The lowest BCUT2D eigenvalue weighted by atomic mass is 9.82. The quantitative estimate of drug-likeness (QED) is 0.0799. The zero-order valence-electron chi connectivity index (χ0n) is 29.3. The molecule has 0 saturated carbocycles. The molecule has 1 N–H and O–H groups in total. The topological polar surface area (TPSA) is 101 Å². The van der Waals surface area contributed by atoms with Crippen LogP contribution in [0, 0.1) is 5.92 Å². The van der Waals surface area contributed by atoms with E-state index in [1.807, 2.05) is 104 Å². The normalized spacial score (nSPS) is 21.8. The highest BCUT2D eigenvalue weighted by atomic mass is 35.5. The van der Waals surface area contributed by atoms with Crippen LogP contribution in [0.15, 0.2) is 109 Å². The number of hydrogen-bond donors (Lipinski definition) is 1. The molecule has 4 aromatic carbocycles. The van der Waals surface area contributed by atoms with Gasteiger partial charge in [0.15, 0.2) is 5.60 Å². The number of carbonyl (C=O) groups is 2. The van der Waals surface area contributed by atoms with Crippen molar-refractivity contribution in [2.75, 3.05) is 16.4 Å². The number of aryl methyl sites for hydroxylation is 1. The smallest absolute Gasteiger partial charge is 0.264 e. The molecule has 2 aliphatic heterocycles. The Morgan fingerprint density at radius 2 is 1.73 bits per heavy atom. The monoisotopic (exact) mass is 737 g/mol. The number of para-hydroxylation sites is 1. The molecule has 52 heavy (non-hydrogen) atoms. The van der Waals surface area contributed by atoms with Crippen LogP contribution in [-0.4, -0.2) is 53.5 Å². The molecular weight excluding hydrogens is 697 g/mol. The van der Waals surface area contributed by atoms with E-state index in [0.29, 0.717) is 40.6 Å². The third-order valence-corrected chi connectivity index (χ3v) is 13.2. The molecule has 5 atom stereocenters.